The maximum atomic E-state index is 12.4. The highest BCUT2D eigenvalue weighted by Crippen LogP contribution is 2.38. The number of amides is 1. The molecule has 0 fully saturated rings. The molecule has 3 aromatic rings. The largest absolute Gasteiger partial charge is 0.324 e. The number of nitro benzene ring substituents is 1. The number of hydrogen-bond donors (Lipinski definition) is 1. The molecule has 1 aliphatic carbocycles. The van der Waals surface area contributed by atoms with Crippen molar-refractivity contribution in [2.75, 3.05) is 11.1 Å². The molecule has 31 heavy (non-hydrogen) atoms. The van der Waals surface area contributed by atoms with E-state index in [4.69, 9.17) is 11.6 Å². The second-order valence-corrected chi connectivity index (χ2v) is 9.84. The summed E-state index contributed by atoms with van der Waals surface area (Å²) in [6, 6.07) is 3.92. The highest BCUT2D eigenvalue weighted by Gasteiger charge is 2.24. The predicted molar refractivity (Wildman–Crippen MR) is 123 cm³/mol. The lowest BCUT2D eigenvalue weighted by atomic mass is 9.88. The van der Waals surface area contributed by atoms with E-state index < -0.39 is 4.92 Å². The number of fused-ring (bicyclic) bond motifs is 1. The van der Waals surface area contributed by atoms with Crippen LogP contribution in [0.1, 0.15) is 23.8 Å². The van der Waals surface area contributed by atoms with Gasteiger partial charge >= 0.3 is 0 Å². The van der Waals surface area contributed by atoms with Crippen LogP contribution in [0, 0.1) is 16.0 Å². The molecule has 2 heterocycles. The number of carbonyl (C=O) groups excluding carboxylic acids is 1. The van der Waals surface area contributed by atoms with E-state index in [9.17, 15) is 14.9 Å². The van der Waals surface area contributed by atoms with Gasteiger partial charge in [-0.1, -0.05) is 30.3 Å². The number of anilines is 1. The number of carbonyl (C=O) groups is 1. The van der Waals surface area contributed by atoms with E-state index in [1.807, 2.05) is 11.6 Å². The van der Waals surface area contributed by atoms with E-state index in [0.29, 0.717) is 11.1 Å². The number of halogens is 1. The molecule has 0 bridgehead atoms. The molecule has 0 saturated carbocycles. The average molecular weight is 478 g/mol. The smallest absolute Gasteiger partial charge is 0.271 e. The molecule has 1 aliphatic rings. The molecule has 0 saturated heterocycles. The quantitative estimate of drug-likeness (QED) is 0.305. The van der Waals surface area contributed by atoms with Gasteiger partial charge in [-0.2, -0.15) is 0 Å². The van der Waals surface area contributed by atoms with Crippen molar-refractivity contribution < 1.29 is 9.72 Å². The second-order valence-electron chi connectivity index (χ2n) is 7.52. The summed E-state index contributed by atoms with van der Waals surface area (Å²) >= 11 is 9.08. The van der Waals surface area contributed by atoms with Crippen molar-refractivity contribution in [3.63, 3.8) is 0 Å². The number of hydrogen-bond acceptors (Lipinski definition) is 7. The molecule has 1 N–H and O–H groups in total. The Bertz CT molecular complexity index is 1160. The van der Waals surface area contributed by atoms with Crippen molar-refractivity contribution >= 4 is 52.0 Å². The summed E-state index contributed by atoms with van der Waals surface area (Å²) in [6.07, 6.45) is 3.34. The minimum absolute atomic E-state index is 0.0737. The molecule has 0 radical (unpaired) electrons. The van der Waals surface area contributed by atoms with Gasteiger partial charge in [-0.15, -0.1) is 21.5 Å². The standard InChI is InChI=1S/C20H20ClN5O3S2/c1-11-3-5-13-14(9-30-17(13)7-11)19-23-24-20(25(19)2)31-10-18(27)22-16-8-12(26(28)29)4-6-15(16)21/h4,6,8-9,11H,3,5,7,10H2,1-2H3,(H,22,27). The number of thioether (sulfide) groups is 1. The van der Waals surface area contributed by atoms with Gasteiger partial charge in [0, 0.05) is 35.0 Å². The molecule has 1 atom stereocenters. The van der Waals surface area contributed by atoms with Gasteiger partial charge in [-0.25, -0.2) is 0 Å². The molecule has 1 aromatic carbocycles. The first-order valence-corrected chi connectivity index (χ1v) is 11.9. The van der Waals surface area contributed by atoms with E-state index in [2.05, 4.69) is 27.8 Å². The minimum atomic E-state index is -0.536. The van der Waals surface area contributed by atoms with E-state index in [0.717, 1.165) is 24.2 Å². The second kappa shape index (κ2) is 8.97. The van der Waals surface area contributed by atoms with Crippen molar-refractivity contribution in [2.45, 2.75) is 31.3 Å². The van der Waals surface area contributed by atoms with Gasteiger partial charge in [0.2, 0.25) is 5.91 Å². The fourth-order valence-electron chi connectivity index (χ4n) is 3.58. The molecule has 11 heteroatoms. The number of nitrogens with one attached hydrogen (secondary N) is 1. The van der Waals surface area contributed by atoms with Crippen LogP contribution in [0.4, 0.5) is 11.4 Å². The molecule has 0 aliphatic heterocycles. The Balaban J connectivity index is 1.44. The zero-order valence-electron chi connectivity index (χ0n) is 16.9. The maximum absolute atomic E-state index is 12.4. The van der Waals surface area contributed by atoms with E-state index in [-0.39, 0.29) is 28.1 Å². The first-order chi connectivity index (χ1) is 14.8. The summed E-state index contributed by atoms with van der Waals surface area (Å²) in [7, 11) is 1.89. The monoisotopic (exact) mass is 477 g/mol. The minimum Gasteiger partial charge on any atom is -0.324 e. The Kier molecular flexibility index (Phi) is 6.31. The van der Waals surface area contributed by atoms with Gasteiger partial charge in [0.25, 0.3) is 5.69 Å². The summed E-state index contributed by atoms with van der Waals surface area (Å²) in [6.45, 7) is 2.28. The summed E-state index contributed by atoms with van der Waals surface area (Å²) < 4.78 is 1.90. The Morgan fingerprint density at radius 1 is 1.45 bits per heavy atom. The highest BCUT2D eigenvalue weighted by molar-refractivity contribution is 7.99. The summed E-state index contributed by atoms with van der Waals surface area (Å²) in [5.74, 6) is 1.25. The number of rotatable bonds is 6. The molecule has 2 aromatic heterocycles. The fraction of sp³-hybridized carbons (Fsp3) is 0.350. The van der Waals surface area contributed by atoms with E-state index in [1.165, 1.54) is 46.8 Å². The third kappa shape index (κ3) is 4.60. The van der Waals surface area contributed by atoms with Crippen molar-refractivity contribution in [2.24, 2.45) is 13.0 Å². The predicted octanol–water partition coefficient (Wildman–Crippen LogP) is 4.96. The van der Waals surface area contributed by atoms with Gasteiger partial charge in [0.15, 0.2) is 11.0 Å². The Morgan fingerprint density at radius 3 is 3.03 bits per heavy atom. The topological polar surface area (TPSA) is 103 Å². The third-order valence-electron chi connectivity index (χ3n) is 5.24. The normalized spacial score (nSPS) is 15.5. The van der Waals surface area contributed by atoms with Crippen molar-refractivity contribution in [3.8, 4) is 11.4 Å². The first kappa shape index (κ1) is 21.8. The SMILES string of the molecule is CC1CCc2c(-c3nnc(SCC(=O)Nc4cc([N+](=O)[O-])ccc4Cl)n3C)csc2C1. The lowest BCUT2D eigenvalue weighted by Gasteiger charge is -2.18. The van der Waals surface area contributed by atoms with Gasteiger partial charge in [-0.05, 0) is 36.8 Å². The van der Waals surface area contributed by atoms with Crippen LogP contribution < -0.4 is 5.32 Å². The number of benzene rings is 1. The van der Waals surface area contributed by atoms with Crippen LogP contribution in [0.25, 0.3) is 11.4 Å². The first-order valence-electron chi connectivity index (χ1n) is 9.69. The molecule has 0 spiro atoms. The third-order valence-corrected chi connectivity index (χ3v) is 7.65. The zero-order valence-corrected chi connectivity index (χ0v) is 19.3. The van der Waals surface area contributed by atoms with Crippen molar-refractivity contribution in [3.05, 3.63) is 49.2 Å². The van der Waals surface area contributed by atoms with Crippen molar-refractivity contribution in [1.82, 2.24) is 14.8 Å². The molecule has 1 amide bonds. The van der Waals surface area contributed by atoms with Crippen LogP contribution >= 0.6 is 34.7 Å². The van der Waals surface area contributed by atoms with Gasteiger partial charge < -0.3 is 9.88 Å². The molecular formula is C20H20ClN5O3S2. The Hall–Kier alpha value is -2.43. The molecule has 4 rings (SSSR count). The van der Waals surface area contributed by atoms with Crippen LogP contribution in [0.5, 0.6) is 0 Å². The fourth-order valence-corrected chi connectivity index (χ4v) is 5.70. The molecule has 162 valence electrons. The summed E-state index contributed by atoms with van der Waals surface area (Å²) in [5.41, 5.74) is 2.56. The highest BCUT2D eigenvalue weighted by atomic mass is 35.5. The number of non-ortho nitro benzene ring substituents is 1. The van der Waals surface area contributed by atoms with Crippen LogP contribution in [0.2, 0.25) is 5.02 Å². The van der Waals surface area contributed by atoms with Crippen molar-refractivity contribution in [1.29, 1.82) is 0 Å². The summed E-state index contributed by atoms with van der Waals surface area (Å²) in [5, 5.41) is 25.2. The number of nitro groups is 1. The van der Waals surface area contributed by atoms with Gasteiger partial charge in [0.1, 0.15) is 0 Å². The zero-order chi connectivity index (χ0) is 22.1. The molecule has 8 nitrogen and oxygen atoms in total. The molecular weight excluding hydrogens is 458 g/mol. The number of nitrogens with zero attached hydrogens (tertiary/aromatic N) is 4. The van der Waals surface area contributed by atoms with Crippen LogP contribution in [0.15, 0.2) is 28.7 Å². The molecule has 1 unspecified atom stereocenters. The lowest BCUT2D eigenvalue weighted by molar-refractivity contribution is -0.384. The lowest BCUT2D eigenvalue weighted by Crippen LogP contribution is -2.15. The maximum Gasteiger partial charge on any atom is 0.271 e. The average Bonchev–Trinajstić information content (AvgIpc) is 3.30. The number of aromatic nitrogens is 3. The van der Waals surface area contributed by atoms with Crippen LogP contribution in [0.3, 0.4) is 0 Å². The van der Waals surface area contributed by atoms with E-state index in [1.54, 1.807) is 11.3 Å². The van der Waals surface area contributed by atoms with E-state index >= 15 is 0 Å². The van der Waals surface area contributed by atoms with Crippen LogP contribution in [-0.2, 0) is 24.7 Å². The number of thiophene rings is 1. The summed E-state index contributed by atoms with van der Waals surface area (Å²) in [4.78, 5) is 24.2. The van der Waals surface area contributed by atoms with Gasteiger partial charge in [-0.3, -0.25) is 14.9 Å². The Labute approximate surface area is 192 Å². The van der Waals surface area contributed by atoms with Crippen LogP contribution in [-0.4, -0.2) is 31.3 Å². The van der Waals surface area contributed by atoms with Gasteiger partial charge in [0.05, 0.1) is 21.4 Å². The Morgan fingerprint density at radius 2 is 2.26 bits per heavy atom.